The van der Waals surface area contributed by atoms with Crippen molar-refractivity contribution in [1.82, 2.24) is 25.8 Å². The summed E-state index contributed by atoms with van der Waals surface area (Å²) in [7, 11) is 0. The van der Waals surface area contributed by atoms with Gasteiger partial charge in [0.25, 0.3) is 5.92 Å². The van der Waals surface area contributed by atoms with E-state index >= 15 is 0 Å². The van der Waals surface area contributed by atoms with Crippen LogP contribution in [-0.2, 0) is 33.6 Å². The first kappa shape index (κ1) is 38.6. The fourth-order valence-electron chi connectivity index (χ4n) is 5.04. The summed E-state index contributed by atoms with van der Waals surface area (Å²) in [5.41, 5.74) is 5.70. The molecule has 18 nitrogen and oxygen atoms in total. The van der Waals surface area contributed by atoms with Crippen LogP contribution in [0.1, 0.15) is 50.3 Å². The number of halogens is 2. The second-order valence-electron chi connectivity index (χ2n) is 11.3. The van der Waals surface area contributed by atoms with E-state index in [0.717, 1.165) is 4.90 Å². The van der Waals surface area contributed by atoms with Crippen molar-refractivity contribution >= 4 is 58.1 Å². The van der Waals surface area contributed by atoms with E-state index in [1.807, 2.05) is 0 Å². The molecule has 50 heavy (non-hydrogen) atoms. The molecular weight excluding hydrogens is 670 g/mol. The highest BCUT2D eigenvalue weighted by Gasteiger charge is 2.47. The molecule has 0 spiro atoms. The summed E-state index contributed by atoms with van der Waals surface area (Å²) < 4.78 is 27.5. The molecule has 1 aliphatic rings. The molecule has 2 heterocycles. The fourth-order valence-corrected chi connectivity index (χ4v) is 5.04. The van der Waals surface area contributed by atoms with Crippen LogP contribution in [0.3, 0.4) is 0 Å². The highest BCUT2D eigenvalue weighted by atomic mass is 19.3. The summed E-state index contributed by atoms with van der Waals surface area (Å²) in [6, 6.07) is 3.21. The smallest absolute Gasteiger partial charge is 0.305 e. The molecule has 1 fully saturated rings. The zero-order valence-electron chi connectivity index (χ0n) is 26.2. The lowest BCUT2D eigenvalue weighted by molar-refractivity contribution is -0.140. The quantitative estimate of drug-likeness (QED) is 0.0927. The number of hydrogen-bond donors (Lipinski definition) is 8. The third-order valence-electron chi connectivity index (χ3n) is 7.48. The number of aromatic nitrogens is 1. The molecule has 5 amide bonds. The van der Waals surface area contributed by atoms with Gasteiger partial charge in [0.1, 0.15) is 24.4 Å². The second kappa shape index (κ2) is 17.0. The molecule has 1 saturated heterocycles. The average Bonchev–Trinajstić information content (AvgIpc) is 3.38. The number of aliphatic hydroxyl groups excluding tert-OH is 1. The number of fused-ring (bicyclic) bond motifs is 1. The molecular formula is C30H34F2N8O10. The molecule has 268 valence electrons. The molecule has 2 aromatic rings. The van der Waals surface area contributed by atoms with Crippen molar-refractivity contribution in [2.45, 2.75) is 68.8 Å². The Morgan fingerprint density at radius 3 is 2.36 bits per heavy atom. The Morgan fingerprint density at radius 1 is 1.02 bits per heavy atom. The van der Waals surface area contributed by atoms with E-state index in [2.05, 4.69) is 26.3 Å². The number of aliphatic carboxylic acids is 2. The van der Waals surface area contributed by atoms with Crippen molar-refractivity contribution in [1.29, 1.82) is 5.26 Å². The number of anilines is 1. The summed E-state index contributed by atoms with van der Waals surface area (Å²) in [6.07, 6.45) is -3.73. The van der Waals surface area contributed by atoms with E-state index in [-0.39, 0.29) is 16.8 Å². The van der Waals surface area contributed by atoms with Gasteiger partial charge >= 0.3 is 11.9 Å². The molecule has 0 bridgehead atoms. The highest BCUT2D eigenvalue weighted by molar-refractivity contribution is 6.02. The molecule has 0 radical (unpaired) electrons. The Bertz CT molecular complexity index is 1700. The van der Waals surface area contributed by atoms with Crippen LogP contribution in [0.25, 0.3) is 10.9 Å². The summed E-state index contributed by atoms with van der Waals surface area (Å²) in [5.74, 6) is -10.5. The number of alkyl halides is 2. The topological polar surface area (TPSA) is 294 Å². The number of carbonyl (C=O) groups excluding carboxylic acids is 5. The maximum Gasteiger partial charge on any atom is 0.305 e. The Labute approximate surface area is 282 Å². The van der Waals surface area contributed by atoms with Crippen molar-refractivity contribution in [2.24, 2.45) is 5.73 Å². The third kappa shape index (κ3) is 10.9. The average molecular weight is 705 g/mol. The largest absolute Gasteiger partial charge is 0.481 e. The van der Waals surface area contributed by atoms with Gasteiger partial charge in [-0.1, -0.05) is 12.1 Å². The fraction of sp³-hybridized carbons (Fsp3) is 0.433. The van der Waals surface area contributed by atoms with Gasteiger partial charge in [0.15, 0.2) is 0 Å². The van der Waals surface area contributed by atoms with Crippen LogP contribution in [0.2, 0.25) is 0 Å². The van der Waals surface area contributed by atoms with Crippen LogP contribution in [0, 0.1) is 11.3 Å². The lowest BCUT2D eigenvalue weighted by Gasteiger charge is -2.21. The van der Waals surface area contributed by atoms with Gasteiger partial charge in [-0.05, 0) is 18.6 Å². The standard InChI is InChI=1S/C30H34F2N8O10/c31-30(32)11-15(12-33)40(14-30)23(43)13-36-28(49)17-8-9-35-26-16(17)2-1-3-18(26)37-21(41)5-6-22(42)38-19(4-7-24(44)45)29(50)39-20(27(34)48)10-25(46)47/h1-3,8-9,15,19-20,28,36,49H,4-7,10-11,13-14H2,(H2,34,48)(H,37,41)(H,38,42)(H,39,50)(H,44,45)(H,46,47)/t15-,19+,20+,28?/m0/s1. The first-order chi connectivity index (χ1) is 23.5. The van der Waals surface area contributed by atoms with Crippen molar-refractivity contribution in [3.63, 3.8) is 0 Å². The summed E-state index contributed by atoms with van der Waals surface area (Å²) in [4.78, 5) is 89.1. The number of primary amides is 1. The van der Waals surface area contributed by atoms with E-state index in [1.165, 1.54) is 24.4 Å². The van der Waals surface area contributed by atoms with Crippen molar-refractivity contribution in [3.05, 3.63) is 36.0 Å². The monoisotopic (exact) mass is 704 g/mol. The van der Waals surface area contributed by atoms with Crippen LogP contribution in [-0.4, -0.2) is 104 Å². The number of carboxylic acids is 2. The van der Waals surface area contributed by atoms with Gasteiger partial charge in [-0.3, -0.25) is 43.9 Å². The molecule has 0 saturated carbocycles. The Morgan fingerprint density at radius 2 is 1.72 bits per heavy atom. The van der Waals surface area contributed by atoms with Crippen LogP contribution in [0.4, 0.5) is 14.5 Å². The lowest BCUT2D eigenvalue weighted by Crippen LogP contribution is -2.53. The highest BCUT2D eigenvalue weighted by Crippen LogP contribution is 2.32. The Balaban J connectivity index is 1.62. The summed E-state index contributed by atoms with van der Waals surface area (Å²) in [6.45, 7) is -1.48. The lowest BCUT2D eigenvalue weighted by atomic mass is 10.1. The Kier molecular flexibility index (Phi) is 13.2. The van der Waals surface area contributed by atoms with E-state index in [4.69, 9.17) is 21.2 Å². The number of nitriles is 1. The van der Waals surface area contributed by atoms with Gasteiger partial charge in [0.2, 0.25) is 29.5 Å². The number of para-hydroxylation sites is 1. The number of nitrogens with two attached hydrogens (primary N) is 1. The number of nitrogens with zero attached hydrogens (tertiary/aromatic N) is 3. The number of rotatable bonds is 17. The Hall–Kier alpha value is -5.81. The molecule has 9 N–H and O–H groups in total. The molecule has 1 aromatic carbocycles. The number of likely N-dealkylation sites (tertiary alicyclic amines) is 1. The number of carboxylic acid groups (broad SMARTS) is 2. The second-order valence-corrected chi connectivity index (χ2v) is 11.3. The first-order valence-corrected chi connectivity index (χ1v) is 15.0. The third-order valence-corrected chi connectivity index (χ3v) is 7.48. The number of aliphatic hydroxyl groups is 1. The molecule has 1 unspecified atom stereocenters. The zero-order chi connectivity index (χ0) is 37.2. The molecule has 0 aliphatic carbocycles. The van der Waals surface area contributed by atoms with Gasteiger partial charge in [0.05, 0.1) is 36.8 Å². The van der Waals surface area contributed by atoms with Crippen LogP contribution in [0.15, 0.2) is 30.5 Å². The summed E-state index contributed by atoms with van der Waals surface area (Å²) >= 11 is 0. The predicted octanol–water partition coefficient (Wildman–Crippen LogP) is -0.912. The molecule has 4 atom stereocenters. The van der Waals surface area contributed by atoms with Gasteiger partial charge < -0.3 is 41.9 Å². The van der Waals surface area contributed by atoms with E-state index in [9.17, 15) is 47.4 Å². The van der Waals surface area contributed by atoms with Crippen LogP contribution < -0.4 is 27.0 Å². The van der Waals surface area contributed by atoms with Gasteiger partial charge in [-0.15, -0.1) is 0 Å². The predicted molar refractivity (Wildman–Crippen MR) is 165 cm³/mol. The number of carbonyl (C=O) groups is 7. The molecule has 1 aliphatic heterocycles. The van der Waals surface area contributed by atoms with Gasteiger partial charge in [-0.25, -0.2) is 8.78 Å². The minimum Gasteiger partial charge on any atom is -0.481 e. The van der Waals surface area contributed by atoms with Gasteiger partial charge in [-0.2, -0.15) is 5.26 Å². The SMILES string of the molecule is N#C[C@@H]1CC(F)(F)CN1C(=O)CNC(O)c1ccnc2c(NC(=O)CCC(=O)N[C@H](CCC(=O)O)C(=O)N[C@H](CC(=O)O)C(N)=O)cccc12. The van der Waals surface area contributed by atoms with Crippen molar-refractivity contribution in [3.8, 4) is 6.07 Å². The molecule has 20 heteroatoms. The maximum atomic E-state index is 13.7. The summed E-state index contributed by atoms with van der Waals surface area (Å²) in [5, 5.41) is 47.6. The van der Waals surface area contributed by atoms with Crippen LogP contribution in [0.5, 0.6) is 0 Å². The number of nitrogens with one attached hydrogen (secondary N) is 4. The van der Waals surface area contributed by atoms with Gasteiger partial charge in [0, 0.05) is 42.8 Å². The molecule has 1 aromatic heterocycles. The van der Waals surface area contributed by atoms with Crippen molar-refractivity contribution < 1.29 is 57.7 Å². The van der Waals surface area contributed by atoms with E-state index < -0.39 is 123 Å². The maximum absolute atomic E-state index is 13.7. The number of benzene rings is 1. The minimum absolute atomic E-state index is 0.170. The number of pyridine rings is 1. The zero-order valence-corrected chi connectivity index (χ0v) is 26.2. The normalized spacial score (nSPS) is 16.8. The van der Waals surface area contributed by atoms with Crippen LogP contribution >= 0.6 is 0 Å². The van der Waals surface area contributed by atoms with E-state index in [0.29, 0.717) is 5.39 Å². The molecule has 3 rings (SSSR count). The van der Waals surface area contributed by atoms with E-state index in [1.54, 1.807) is 12.1 Å². The number of amides is 5. The number of hydrogen-bond acceptors (Lipinski definition) is 11. The minimum atomic E-state index is -3.21. The van der Waals surface area contributed by atoms with Crippen molar-refractivity contribution in [2.75, 3.05) is 18.4 Å². The first-order valence-electron chi connectivity index (χ1n) is 15.0.